The topological polar surface area (TPSA) is 51.1 Å². The van der Waals surface area contributed by atoms with Gasteiger partial charge in [0.15, 0.2) is 0 Å². The Morgan fingerprint density at radius 3 is 2.33 bits per heavy atom. The second-order valence-corrected chi connectivity index (χ2v) is 5.97. The van der Waals surface area contributed by atoms with Crippen LogP contribution in [0.25, 0.3) is 10.9 Å². The minimum Gasteiger partial charge on any atom is -0.347 e. The van der Waals surface area contributed by atoms with E-state index in [-0.39, 0.29) is 6.04 Å². The number of fused-ring (bicyclic) bond motifs is 1. The highest BCUT2D eigenvalue weighted by Crippen LogP contribution is 2.25. The van der Waals surface area contributed by atoms with Crippen molar-refractivity contribution in [3.63, 3.8) is 0 Å². The van der Waals surface area contributed by atoms with E-state index in [0.717, 1.165) is 22.2 Å². The van der Waals surface area contributed by atoms with E-state index >= 15 is 0 Å². The third-order valence-corrected chi connectivity index (χ3v) is 4.48. The molecule has 1 aromatic heterocycles. The van der Waals surface area contributed by atoms with Crippen molar-refractivity contribution >= 4 is 22.6 Å². The van der Waals surface area contributed by atoms with Crippen molar-refractivity contribution in [1.82, 2.24) is 9.88 Å². The zero-order valence-electron chi connectivity index (χ0n) is 14.0. The van der Waals surface area contributed by atoms with Crippen LogP contribution in [0.5, 0.6) is 0 Å². The number of hydrogen-bond acceptors (Lipinski definition) is 2. The molecule has 0 aliphatic heterocycles. The maximum absolute atomic E-state index is 12.7. The summed E-state index contributed by atoms with van der Waals surface area (Å²) in [7, 11) is 1.90. The van der Waals surface area contributed by atoms with Crippen molar-refractivity contribution in [3.8, 4) is 0 Å². The van der Waals surface area contributed by atoms with Gasteiger partial charge in [-0.1, -0.05) is 48.5 Å². The number of rotatable bonds is 4. The summed E-state index contributed by atoms with van der Waals surface area (Å²) in [6.07, 6.45) is 0. The molecule has 0 unspecified atom stereocenters. The average Bonchev–Trinajstić information content (AvgIpc) is 2.86. The minimum atomic E-state index is -0.578. The SMILES string of the molecule is Cc1c(C(=O)C(=O)N[C@@H](C)c2ccccc2)c2ccccc2n1C. The number of ketones is 1. The van der Waals surface area contributed by atoms with Crippen LogP contribution in [0.3, 0.4) is 0 Å². The minimum absolute atomic E-state index is 0.224. The predicted molar refractivity (Wildman–Crippen MR) is 95.0 cm³/mol. The van der Waals surface area contributed by atoms with Crippen LogP contribution < -0.4 is 5.32 Å². The number of para-hydroxylation sites is 1. The summed E-state index contributed by atoms with van der Waals surface area (Å²) in [5, 5.41) is 3.61. The lowest BCUT2D eigenvalue weighted by atomic mass is 10.0. The number of aryl methyl sites for hydroxylation is 1. The second-order valence-electron chi connectivity index (χ2n) is 5.97. The Bertz CT molecular complexity index is 910. The van der Waals surface area contributed by atoms with E-state index in [1.165, 1.54) is 0 Å². The molecule has 0 aliphatic rings. The summed E-state index contributed by atoms with van der Waals surface area (Å²) < 4.78 is 1.94. The Balaban J connectivity index is 1.90. The Hall–Kier alpha value is -2.88. The molecule has 1 N–H and O–H groups in total. The van der Waals surface area contributed by atoms with Gasteiger partial charge in [0.25, 0.3) is 11.7 Å². The van der Waals surface area contributed by atoms with Crippen molar-refractivity contribution in [3.05, 3.63) is 71.4 Å². The molecule has 0 bridgehead atoms. The molecule has 0 radical (unpaired) electrons. The number of hydrogen-bond donors (Lipinski definition) is 1. The van der Waals surface area contributed by atoms with Crippen LogP contribution in [0.15, 0.2) is 54.6 Å². The third kappa shape index (κ3) is 2.71. The number of benzene rings is 2. The molecule has 0 saturated carbocycles. The molecule has 4 nitrogen and oxygen atoms in total. The highest BCUT2D eigenvalue weighted by Gasteiger charge is 2.25. The van der Waals surface area contributed by atoms with Crippen LogP contribution in [-0.4, -0.2) is 16.3 Å². The molecule has 1 atom stereocenters. The summed E-state index contributed by atoms with van der Waals surface area (Å²) in [4.78, 5) is 25.2. The average molecular weight is 320 g/mol. The molecule has 1 amide bonds. The van der Waals surface area contributed by atoms with E-state index in [2.05, 4.69) is 5.32 Å². The fourth-order valence-corrected chi connectivity index (χ4v) is 3.01. The van der Waals surface area contributed by atoms with E-state index < -0.39 is 11.7 Å². The van der Waals surface area contributed by atoms with Gasteiger partial charge in [-0.15, -0.1) is 0 Å². The van der Waals surface area contributed by atoms with Gasteiger partial charge in [0.1, 0.15) is 0 Å². The van der Waals surface area contributed by atoms with E-state index in [1.54, 1.807) is 0 Å². The van der Waals surface area contributed by atoms with Crippen molar-refractivity contribution in [2.45, 2.75) is 19.9 Å². The largest absolute Gasteiger partial charge is 0.347 e. The Labute approximate surface area is 141 Å². The number of nitrogens with zero attached hydrogens (tertiary/aromatic N) is 1. The molecule has 4 heteroatoms. The number of nitrogens with one attached hydrogen (secondary N) is 1. The Kier molecular flexibility index (Phi) is 4.21. The summed E-state index contributed by atoms with van der Waals surface area (Å²) in [6.45, 7) is 3.73. The van der Waals surface area contributed by atoms with Crippen molar-refractivity contribution in [2.24, 2.45) is 7.05 Å². The highest BCUT2D eigenvalue weighted by atomic mass is 16.2. The van der Waals surface area contributed by atoms with Gasteiger partial charge in [0.05, 0.1) is 11.6 Å². The predicted octanol–water partition coefficient (Wildman–Crippen LogP) is 3.55. The van der Waals surface area contributed by atoms with Crippen LogP contribution in [-0.2, 0) is 11.8 Å². The molecular formula is C20H20N2O2. The van der Waals surface area contributed by atoms with E-state index in [4.69, 9.17) is 0 Å². The summed E-state index contributed by atoms with van der Waals surface area (Å²) in [6, 6.07) is 17.0. The lowest BCUT2D eigenvalue weighted by Gasteiger charge is -2.13. The van der Waals surface area contributed by atoms with Gasteiger partial charge in [0.2, 0.25) is 0 Å². The molecule has 0 fully saturated rings. The van der Waals surface area contributed by atoms with Crippen LogP contribution in [0.2, 0.25) is 0 Å². The number of aromatic nitrogens is 1. The standard InChI is InChI=1S/C20H20N2O2/c1-13(15-9-5-4-6-10-15)21-20(24)19(23)18-14(2)22(3)17-12-8-7-11-16(17)18/h4-13H,1-3H3,(H,21,24)/t13-/m0/s1. The maximum Gasteiger partial charge on any atom is 0.292 e. The lowest BCUT2D eigenvalue weighted by molar-refractivity contribution is -0.117. The smallest absolute Gasteiger partial charge is 0.292 e. The van der Waals surface area contributed by atoms with Gasteiger partial charge in [-0.25, -0.2) is 0 Å². The summed E-state index contributed by atoms with van der Waals surface area (Å²) in [5.74, 6) is -1.07. The molecule has 122 valence electrons. The zero-order chi connectivity index (χ0) is 17.3. The first kappa shape index (κ1) is 16.0. The molecule has 3 rings (SSSR count). The number of amides is 1. The van der Waals surface area contributed by atoms with E-state index in [0.29, 0.717) is 5.56 Å². The zero-order valence-corrected chi connectivity index (χ0v) is 14.0. The summed E-state index contributed by atoms with van der Waals surface area (Å²) >= 11 is 0. The molecule has 1 heterocycles. The second kappa shape index (κ2) is 6.32. The van der Waals surface area contributed by atoms with Crippen molar-refractivity contribution < 1.29 is 9.59 Å². The normalized spacial score (nSPS) is 12.1. The first-order valence-electron chi connectivity index (χ1n) is 7.95. The highest BCUT2D eigenvalue weighted by molar-refractivity contribution is 6.45. The van der Waals surface area contributed by atoms with Gasteiger partial charge in [-0.05, 0) is 25.5 Å². The molecule has 0 spiro atoms. The first-order chi connectivity index (χ1) is 11.5. The fourth-order valence-electron chi connectivity index (χ4n) is 3.01. The molecule has 0 aliphatic carbocycles. The van der Waals surface area contributed by atoms with Crippen LogP contribution >= 0.6 is 0 Å². The van der Waals surface area contributed by atoms with Crippen molar-refractivity contribution in [1.29, 1.82) is 0 Å². The molecule has 0 saturated heterocycles. The van der Waals surface area contributed by atoms with Gasteiger partial charge in [-0.2, -0.15) is 0 Å². The van der Waals surface area contributed by atoms with E-state index in [9.17, 15) is 9.59 Å². The lowest BCUT2D eigenvalue weighted by Crippen LogP contribution is -2.33. The quantitative estimate of drug-likeness (QED) is 0.590. The monoisotopic (exact) mass is 320 g/mol. The van der Waals surface area contributed by atoms with Gasteiger partial charge < -0.3 is 9.88 Å². The van der Waals surface area contributed by atoms with Gasteiger partial charge in [0, 0.05) is 23.6 Å². The van der Waals surface area contributed by atoms with Crippen LogP contribution in [0.4, 0.5) is 0 Å². The summed E-state index contributed by atoms with van der Waals surface area (Å²) in [5.41, 5.74) is 3.19. The van der Waals surface area contributed by atoms with Gasteiger partial charge >= 0.3 is 0 Å². The molecular weight excluding hydrogens is 300 g/mol. The van der Waals surface area contributed by atoms with Crippen LogP contribution in [0.1, 0.15) is 34.6 Å². The number of Topliss-reactive ketones (excluding diaryl/α,β-unsaturated/α-hetero) is 1. The molecule has 2 aromatic carbocycles. The van der Waals surface area contributed by atoms with Gasteiger partial charge in [-0.3, -0.25) is 9.59 Å². The van der Waals surface area contributed by atoms with E-state index in [1.807, 2.05) is 80.1 Å². The Morgan fingerprint density at radius 1 is 1.00 bits per heavy atom. The Morgan fingerprint density at radius 2 is 1.62 bits per heavy atom. The number of carbonyl (C=O) groups is 2. The first-order valence-corrected chi connectivity index (χ1v) is 7.95. The third-order valence-electron chi connectivity index (χ3n) is 4.48. The number of carbonyl (C=O) groups excluding carboxylic acids is 2. The fraction of sp³-hybridized carbons (Fsp3) is 0.200. The maximum atomic E-state index is 12.7. The molecule has 24 heavy (non-hydrogen) atoms. The van der Waals surface area contributed by atoms with Crippen LogP contribution in [0, 0.1) is 6.92 Å². The van der Waals surface area contributed by atoms with Crippen molar-refractivity contribution in [2.75, 3.05) is 0 Å². The molecule has 3 aromatic rings.